The molecular formula is C11H12N2O2S2. The highest BCUT2D eigenvalue weighted by atomic mass is 32.1. The number of nitrogens with zero attached hydrogens (tertiary/aromatic N) is 2. The summed E-state index contributed by atoms with van der Waals surface area (Å²) < 4.78 is 4.90. The van der Waals surface area contributed by atoms with Crippen molar-refractivity contribution < 1.29 is 9.53 Å². The number of hydrogen-bond donors (Lipinski definition) is 0. The Morgan fingerprint density at radius 3 is 2.76 bits per heavy atom. The van der Waals surface area contributed by atoms with E-state index in [9.17, 15) is 4.79 Å². The third-order valence-electron chi connectivity index (χ3n) is 2.10. The quantitative estimate of drug-likeness (QED) is 0.803. The molecule has 0 aliphatic rings. The third-order valence-corrected chi connectivity index (χ3v) is 3.81. The Labute approximate surface area is 107 Å². The van der Waals surface area contributed by atoms with Crippen LogP contribution in [0, 0.1) is 13.8 Å². The fraction of sp³-hybridized carbons (Fsp3) is 0.364. The molecule has 0 atom stereocenters. The van der Waals surface area contributed by atoms with Crippen LogP contribution in [0.25, 0.3) is 11.4 Å². The van der Waals surface area contributed by atoms with Crippen molar-refractivity contribution in [1.82, 2.24) is 9.97 Å². The summed E-state index contributed by atoms with van der Waals surface area (Å²) in [7, 11) is 0. The molecule has 0 aliphatic carbocycles. The number of carbonyl (C=O) groups is 1. The first kappa shape index (κ1) is 12.2. The van der Waals surface area contributed by atoms with E-state index in [1.807, 2.05) is 19.2 Å². The molecule has 2 heterocycles. The van der Waals surface area contributed by atoms with Gasteiger partial charge in [-0.1, -0.05) is 0 Å². The lowest BCUT2D eigenvalue weighted by Gasteiger charge is -1.95. The normalized spacial score (nSPS) is 10.5. The van der Waals surface area contributed by atoms with Crippen LogP contribution >= 0.6 is 22.7 Å². The number of carbonyl (C=O) groups excluding carboxylic acids is 1. The number of thiazole rings is 2. The zero-order valence-electron chi connectivity index (χ0n) is 9.81. The largest absolute Gasteiger partial charge is 0.461 e. The predicted molar refractivity (Wildman–Crippen MR) is 68.7 cm³/mol. The number of hydrogen-bond acceptors (Lipinski definition) is 6. The number of esters is 1. The molecule has 0 aromatic carbocycles. The van der Waals surface area contributed by atoms with E-state index < -0.39 is 0 Å². The molecule has 0 saturated carbocycles. The summed E-state index contributed by atoms with van der Waals surface area (Å²) in [5, 5.41) is 3.23. The molecular weight excluding hydrogens is 256 g/mol. The van der Waals surface area contributed by atoms with Gasteiger partial charge in [0.1, 0.15) is 11.4 Å². The molecule has 6 heteroatoms. The van der Waals surface area contributed by atoms with Crippen molar-refractivity contribution in [3.8, 4) is 11.4 Å². The summed E-state index contributed by atoms with van der Waals surface area (Å²) in [5.74, 6) is -0.367. The van der Waals surface area contributed by atoms with Gasteiger partial charge >= 0.3 is 5.97 Å². The van der Waals surface area contributed by atoms with Crippen molar-refractivity contribution in [2.75, 3.05) is 6.61 Å². The average Bonchev–Trinajstić information content (AvgIpc) is 2.85. The molecule has 0 radical (unpaired) electrons. The fourth-order valence-electron chi connectivity index (χ4n) is 1.44. The van der Waals surface area contributed by atoms with Crippen molar-refractivity contribution in [3.63, 3.8) is 0 Å². The van der Waals surface area contributed by atoms with Crippen LogP contribution in [-0.2, 0) is 4.74 Å². The van der Waals surface area contributed by atoms with E-state index in [2.05, 4.69) is 9.97 Å². The lowest BCUT2D eigenvalue weighted by atomic mass is 10.3. The number of ether oxygens (including phenoxy) is 1. The molecule has 0 N–H and O–H groups in total. The molecule has 0 saturated heterocycles. The Morgan fingerprint density at radius 2 is 2.18 bits per heavy atom. The van der Waals surface area contributed by atoms with Crippen molar-refractivity contribution in [1.29, 1.82) is 0 Å². The molecule has 0 spiro atoms. The van der Waals surface area contributed by atoms with Gasteiger partial charge in [0.2, 0.25) is 5.01 Å². The Bertz CT molecular complexity index is 545. The summed E-state index contributed by atoms with van der Waals surface area (Å²) in [4.78, 5) is 21.3. The molecule has 2 rings (SSSR count). The van der Waals surface area contributed by atoms with Crippen LogP contribution in [0.15, 0.2) is 5.38 Å². The van der Waals surface area contributed by atoms with Crippen LogP contribution < -0.4 is 0 Å². The number of aromatic nitrogens is 2. The second-order valence-electron chi connectivity index (χ2n) is 3.40. The average molecular weight is 268 g/mol. The highest BCUT2D eigenvalue weighted by molar-refractivity contribution is 7.12. The van der Waals surface area contributed by atoms with E-state index >= 15 is 0 Å². The van der Waals surface area contributed by atoms with Crippen molar-refractivity contribution in [2.24, 2.45) is 0 Å². The van der Waals surface area contributed by atoms with Gasteiger partial charge in [-0.25, -0.2) is 14.8 Å². The third kappa shape index (κ3) is 2.53. The van der Waals surface area contributed by atoms with E-state index in [4.69, 9.17) is 4.74 Å². The van der Waals surface area contributed by atoms with Crippen LogP contribution in [0.4, 0.5) is 0 Å². The lowest BCUT2D eigenvalue weighted by Crippen LogP contribution is -2.03. The molecule has 17 heavy (non-hydrogen) atoms. The Kier molecular flexibility index (Phi) is 3.54. The molecule has 0 amide bonds. The smallest absolute Gasteiger partial charge is 0.367 e. The fourth-order valence-corrected chi connectivity index (χ4v) is 2.96. The van der Waals surface area contributed by atoms with E-state index in [1.165, 1.54) is 11.3 Å². The molecule has 90 valence electrons. The maximum Gasteiger partial charge on any atom is 0.367 e. The summed E-state index contributed by atoms with van der Waals surface area (Å²) in [5.41, 5.74) is 1.61. The minimum absolute atomic E-state index is 0.364. The molecule has 4 nitrogen and oxygen atoms in total. The minimum atomic E-state index is -0.367. The van der Waals surface area contributed by atoms with Gasteiger partial charge in [-0.15, -0.1) is 22.7 Å². The van der Waals surface area contributed by atoms with Gasteiger partial charge in [0, 0.05) is 10.3 Å². The highest BCUT2D eigenvalue weighted by Gasteiger charge is 2.16. The molecule has 2 aromatic rings. The lowest BCUT2D eigenvalue weighted by molar-refractivity contribution is 0.0526. The molecule has 0 aliphatic heterocycles. The van der Waals surface area contributed by atoms with Gasteiger partial charge in [-0.05, 0) is 20.8 Å². The van der Waals surface area contributed by atoms with Gasteiger partial charge in [0.25, 0.3) is 0 Å². The second kappa shape index (κ2) is 4.93. The van der Waals surface area contributed by atoms with Crippen LogP contribution in [0.5, 0.6) is 0 Å². The van der Waals surface area contributed by atoms with E-state index in [-0.39, 0.29) is 5.97 Å². The minimum Gasteiger partial charge on any atom is -0.461 e. The number of aryl methyl sites for hydroxylation is 2. The maximum atomic E-state index is 11.5. The standard InChI is InChI=1S/C11H12N2O2S2/c1-4-15-11(14)10-13-8(5-16-10)9-6(2)17-7(3)12-9/h5H,4H2,1-3H3. The van der Waals surface area contributed by atoms with Crippen LogP contribution in [0.1, 0.15) is 26.6 Å². The topological polar surface area (TPSA) is 52.1 Å². The Hall–Kier alpha value is -1.27. The summed E-state index contributed by atoms with van der Waals surface area (Å²) in [6.07, 6.45) is 0. The van der Waals surface area contributed by atoms with E-state index in [0.29, 0.717) is 11.6 Å². The van der Waals surface area contributed by atoms with Crippen molar-refractivity contribution >= 4 is 28.6 Å². The maximum absolute atomic E-state index is 11.5. The van der Waals surface area contributed by atoms with Gasteiger partial charge in [0.05, 0.1) is 11.6 Å². The second-order valence-corrected chi connectivity index (χ2v) is 5.66. The zero-order valence-corrected chi connectivity index (χ0v) is 11.4. The number of rotatable bonds is 3. The van der Waals surface area contributed by atoms with Crippen LogP contribution in [0.2, 0.25) is 0 Å². The molecule has 2 aromatic heterocycles. The van der Waals surface area contributed by atoms with Gasteiger partial charge in [-0.3, -0.25) is 0 Å². The monoisotopic (exact) mass is 268 g/mol. The highest BCUT2D eigenvalue weighted by Crippen LogP contribution is 2.28. The Morgan fingerprint density at radius 1 is 1.41 bits per heavy atom. The first-order chi connectivity index (χ1) is 8.11. The van der Waals surface area contributed by atoms with E-state index in [1.54, 1.807) is 18.3 Å². The van der Waals surface area contributed by atoms with Crippen molar-refractivity contribution in [2.45, 2.75) is 20.8 Å². The van der Waals surface area contributed by atoms with Gasteiger partial charge in [-0.2, -0.15) is 0 Å². The first-order valence-electron chi connectivity index (χ1n) is 5.19. The summed E-state index contributed by atoms with van der Waals surface area (Å²) in [6.45, 7) is 6.10. The SMILES string of the molecule is CCOC(=O)c1nc(-c2nc(C)sc2C)cs1. The van der Waals surface area contributed by atoms with Crippen LogP contribution in [0.3, 0.4) is 0 Å². The summed E-state index contributed by atoms with van der Waals surface area (Å²) >= 11 is 2.92. The Balaban J connectivity index is 2.30. The molecule has 0 fully saturated rings. The van der Waals surface area contributed by atoms with Crippen molar-refractivity contribution in [3.05, 3.63) is 20.3 Å². The predicted octanol–water partition coefficient (Wildman–Crippen LogP) is 3.06. The molecule has 0 bridgehead atoms. The zero-order chi connectivity index (χ0) is 12.4. The summed E-state index contributed by atoms with van der Waals surface area (Å²) in [6, 6.07) is 0. The van der Waals surface area contributed by atoms with Gasteiger partial charge in [0.15, 0.2) is 0 Å². The van der Waals surface area contributed by atoms with Crippen LogP contribution in [-0.4, -0.2) is 22.5 Å². The van der Waals surface area contributed by atoms with E-state index in [0.717, 1.165) is 21.3 Å². The molecule has 0 unspecified atom stereocenters. The van der Waals surface area contributed by atoms with Gasteiger partial charge < -0.3 is 4.74 Å². The first-order valence-corrected chi connectivity index (χ1v) is 6.88.